The molecule has 0 heterocycles. The highest BCUT2D eigenvalue weighted by atomic mass is 14.6. The van der Waals surface area contributed by atoms with Gasteiger partial charge in [0.05, 0.1) is 10.8 Å². The fourth-order valence-corrected chi connectivity index (χ4v) is 6.76. The summed E-state index contributed by atoms with van der Waals surface area (Å²) in [5.41, 5.74) is 10.8. The summed E-state index contributed by atoms with van der Waals surface area (Å²) in [7, 11) is 0. The van der Waals surface area contributed by atoms with Crippen LogP contribution in [0.1, 0.15) is 44.5 Å². The lowest BCUT2D eigenvalue weighted by molar-refractivity contribution is 0.496. The average molecular weight is 421 g/mol. The van der Waals surface area contributed by atoms with E-state index in [-0.39, 0.29) is 10.8 Å². The van der Waals surface area contributed by atoms with E-state index in [2.05, 4.69) is 133 Å². The summed E-state index contributed by atoms with van der Waals surface area (Å²) in [6.45, 7) is 0. The van der Waals surface area contributed by atoms with Gasteiger partial charge in [-0.3, -0.25) is 0 Å². The Labute approximate surface area is 195 Å². The summed E-state index contributed by atoms with van der Waals surface area (Å²) in [6.07, 6.45) is 0.948. The molecule has 0 amide bonds. The van der Waals surface area contributed by atoms with Crippen molar-refractivity contribution >= 4 is 0 Å². The second-order valence-electron chi connectivity index (χ2n) is 9.32. The van der Waals surface area contributed by atoms with Gasteiger partial charge in [0.25, 0.3) is 0 Å². The molecule has 33 heavy (non-hydrogen) atoms. The van der Waals surface area contributed by atoms with Crippen LogP contribution in [0, 0.1) is 0 Å². The summed E-state index contributed by atoms with van der Waals surface area (Å²) in [6, 6.07) is 49.6. The molecule has 0 saturated carbocycles. The van der Waals surface area contributed by atoms with Crippen LogP contribution in [-0.4, -0.2) is 0 Å². The maximum atomic E-state index is 2.38. The molecule has 3 aliphatic carbocycles. The van der Waals surface area contributed by atoms with E-state index in [0.717, 1.165) is 6.42 Å². The van der Waals surface area contributed by atoms with Crippen molar-refractivity contribution in [2.75, 3.05) is 0 Å². The van der Waals surface area contributed by atoms with Crippen molar-refractivity contribution in [3.8, 4) is 0 Å². The van der Waals surface area contributed by atoms with Crippen LogP contribution >= 0.6 is 0 Å². The Morgan fingerprint density at radius 2 is 0.727 bits per heavy atom. The molecule has 0 nitrogen and oxygen atoms in total. The van der Waals surface area contributed by atoms with Crippen molar-refractivity contribution in [2.24, 2.45) is 0 Å². The maximum Gasteiger partial charge on any atom is 0.0710 e. The van der Waals surface area contributed by atoms with Gasteiger partial charge in [0.15, 0.2) is 0 Å². The first kappa shape index (κ1) is 18.7. The summed E-state index contributed by atoms with van der Waals surface area (Å²) in [5, 5.41) is 0. The first-order valence-corrected chi connectivity index (χ1v) is 11.8. The molecule has 0 N–H and O–H groups in total. The van der Waals surface area contributed by atoms with Gasteiger partial charge in [-0.15, -0.1) is 0 Å². The van der Waals surface area contributed by atoms with Crippen LogP contribution in [0.25, 0.3) is 0 Å². The molecule has 3 aliphatic rings. The van der Waals surface area contributed by atoms with Gasteiger partial charge in [-0.1, -0.05) is 133 Å². The van der Waals surface area contributed by atoms with E-state index in [4.69, 9.17) is 0 Å². The molecule has 0 spiro atoms. The van der Waals surface area contributed by atoms with E-state index in [0.29, 0.717) is 0 Å². The van der Waals surface area contributed by atoms with Crippen molar-refractivity contribution in [3.05, 3.63) is 178 Å². The third-order valence-electron chi connectivity index (χ3n) is 7.89. The summed E-state index contributed by atoms with van der Waals surface area (Å²) < 4.78 is 0. The van der Waals surface area contributed by atoms with Crippen LogP contribution in [0.2, 0.25) is 0 Å². The van der Waals surface area contributed by atoms with Crippen molar-refractivity contribution in [1.29, 1.82) is 0 Å². The SMILES string of the molecule is c1ccc(CC23c4ccccc4C(c4ccccc4)(c4ccccc42)c2ccccc23)cc1. The minimum absolute atomic E-state index is 0.207. The van der Waals surface area contributed by atoms with Gasteiger partial charge in [-0.05, 0) is 50.9 Å². The molecule has 156 valence electrons. The smallest absolute Gasteiger partial charge is 0.0622 e. The zero-order valence-corrected chi connectivity index (χ0v) is 18.4. The third kappa shape index (κ3) is 2.26. The predicted molar refractivity (Wildman–Crippen MR) is 135 cm³/mol. The van der Waals surface area contributed by atoms with Crippen molar-refractivity contribution in [1.82, 2.24) is 0 Å². The molecule has 8 rings (SSSR count). The molecule has 0 aromatic heterocycles. The van der Waals surface area contributed by atoms with Gasteiger partial charge in [-0.25, -0.2) is 0 Å². The van der Waals surface area contributed by atoms with Crippen LogP contribution in [0.15, 0.2) is 133 Å². The number of hydrogen-bond acceptors (Lipinski definition) is 0. The fourth-order valence-electron chi connectivity index (χ4n) is 6.76. The average Bonchev–Trinajstić information content (AvgIpc) is 2.90. The second-order valence-corrected chi connectivity index (χ2v) is 9.32. The number of rotatable bonds is 3. The fraction of sp³-hybridized carbons (Fsp3) is 0.0909. The third-order valence-corrected chi connectivity index (χ3v) is 7.89. The van der Waals surface area contributed by atoms with Crippen molar-refractivity contribution in [3.63, 3.8) is 0 Å². The molecule has 2 bridgehead atoms. The normalized spacial score (nSPS) is 21.7. The minimum Gasteiger partial charge on any atom is -0.0622 e. The molecule has 0 unspecified atom stereocenters. The Morgan fingerprint density at radius 3 is 1.18 bits per heavy atom. The van der Waals surface area contributed by atoms with Gasteiger partial charge in [0.2, 0.25) is 0 Å². The van der Waals surface area contributed by atoms with Crippen LogP contribution in [0.4, 0.5) is 0 Å². The van der Waals surface area contributed by atoms with Gasteiger partial charge in [-0.2, -0.15) is 0 Å². The van der Waals surface area contributed by atoms with E-state index in [1.807, 2.05) is 0 Å². The number of hydrogen-bond donors (Lipinski definition) is 0. The standard InChI is InChI=1S/C33H24/c1-3-13-24(14-4-1)23-32-26-17-7-10-20-29(26)33(25-15-5-2-6-16-25,30-21-11-8-18-27(30)32)31-22-12-9-19-28(31)32/h1-22H,23H2. The topological polar surface area (TPSA) is 0 Å². The van der Waals surface area contributed by atoms with Crippen LogP contribution in [-0.2, 0) is 17.3 Å². The molecule has 5 aromatic carbocycles. The second kappa shape index (κ2) is 6.80. The van der Waals surface area contributed by atoms with E-state index >= 15 is 0 Å². The molecule has 0 atom stereocenters. The van der Waals surface area contributed by atoms with Gasteiger partial charge >= 0.3 is 0 Å². The Bertz CT molecular complexity index is 1360. The predicted octanol–water partition coefficient (Wildman–Crippen LogP) is 7.27. The van der Waals surface area contributed by atoms with Crippen molar-refractivity contribution < 1.29 is 0 Å². The van der Waals surface area contributed by atoms with E-state index in [9.17, 15) is 0 Å². The van der Waals surface area contributed by atoms with Gasteiger partial charge in [0, 0.05) is 0 Å². The minimum atomic E-state index is -0.302. The first-order valence-electron chi connectivity index (χ1n) is 11.8. The largest absolute Gasteiger partial charge is 0.0710 e. The summed E-state index contributed by atoms with van der Waals surface area (Å²) in [5.74, 6) is 0. The molecule has 0 heteroatoms. The van der Waals surface area contributed by atoms with E-state index in [1.54, 1.807) is 0 Å². The molecule has 5 aromatic rings. The zero-order chi connectivity index (χ0) is 21.9. The highest BCUT2D eigenvalue weighted by Crippen LogP contribution is 2.64. The molecule has 0 saturated heterocycles. The Balaban J connectivity index is 1.68. The van der Waals surface area contributed by atoms with Crippen molar-refractivity contribution in [2.45, 2.75) is 17.3 Å². The summed E-state index contributed by atoms with van der Waals surface area (Å²) >= 11 is 0. The van der Waals surface area contributed by atoms with Crippen LogP contribution in [0.3, 0.4) is 0 Å². The van der Waals surface area contributed by atoms with E-state index < -0.39 is 0 Å². The zero-order valence-electron chi connectivity index (χ0n) is 18.4. The first-order chi connectivity index (χ1) is 16.4. The molecular weight excluding hydrogens is 396 g/mol. The molecular formula is C33H24. The quantitative estimate of drug-likeness (QED) is 0.288. The van der Waals surface area contributed by atoms with Crippen LogP contribution < -0.4 is 0 Å². The maximum absolute atomic E-state index is 2.38. The van der Waals surface area contributed by atoms with E-state index in [1.165, 1.54) is 44.5 Å². The van der Waals surface area contributed by atoms with Gasteiger partial charge in [0.1, 0.15) is 0 Å². The lowest BCUT2D eigenvalue weighted by Crippen LogP contribution is -2.52. The summed E-state index contributed by atoms with van der Waals surface area (Å²) in [4.78, 5) is 0. The lowest BCUT2D eigenvalue weighted by atomic mass is 9.44. The molecule has 0 radical (unpaired) electrons. The molecule has 0 fully saturated rings. The highest BCUT2D eigenvalue weighted by Gasteiger charge is 2.58. The Hall–Kier alpha value is -3.90. The van der Waals surface area contributed by atoms with Gasteiger partial charge < -0.3 is 0 Å². The molecule has 0 aliphatic heterocycles. The monoisotopic (exact) mass is 420 g/mol. The lowest BCUT2D eigenvalue weighted by Gasteiger charge is -2.57. The highest BCUT2D eigenvalue weighted by molar-refractivity contribution is 5.79. The Morgan fingerprint density at radius 1 is 0.364 bits per heavy atom. The Kier molecular flexibility index (Phi) is 3.84. The van der Waals surface area contributed by atoms with Crippen LogP contribution in [0.5, 0.6) is 0 Å². The number of benzene rings is 5.